The van der Waals surface area contributed by atoms with E-state index in [4.69, 9.17) is 27.9 Å². The van der Waals surface area contributed by atoms with Gasteiger partial charge in [-0.1, -0.05) is 35.3 Å². The Morgan fingerprint density at radius 3 is 2.64 bits per heavy atom. The van der Waals surface area contributed by atoms with Gasteiger partial charge < -0.3 is 10.1 Å². The summed E-state index contributed by atoms with van der Waals surface area (Å²) in [6, 6.07) is 10.8. The highest BCUT2D eigenvalue weighted by Gasteiger charge is 2.10. The average Bonchev–Trinajstić information content (AvgIpc) is 2.46. The number of halogens is 2. The van der Waals surface area contributed by atoms with Crippen LogP contribution in [-0.2, 0) is 0 Å². The lowest BCUT2D eigenvalue weighted by Crippen LogP contribution is -2.28. The van der Waals surface area contributed by atoms with Crippen LogP contribution in [-0.4, -0.2) is 19.1 Å². The van der Waals surface area contributed by atoms with E-state index in [1.807, 2.05) is 32.0 Å². The Bertz CT molecular complexity index is 686. The zero-order valence-corrected chi connectivity index (χ0v) is 14.0. The van der Waals surface area contributed by atoms with E-state index in [-0.39, 0.29) is 5.91 Å². The van der Waals surface area contributed by atoms with Gasteiger partial charge in [0.1, 0.15) is 12.4 Å². The highest BCUT2D eigenvalue weighted by molar-refractivity contribution is 6.36. The van der Waals surface area contributed by atoms with E-state index < -0.39 is 0 Å². The van der Waals surface area contributed by atoms with E-state index in [0.717, 1.165) is 16.9 Å². The number of carbonyl (C=O) groups is 1. The summed E-state index contributed by atoms with van der Waals surface area (Å²) >= 11 is 11.8. The largest absolute Gasteiger partial charge is 0.491 e. The van der Waals surface area contributed by atoms with E-state index >= 15 is 0 Å². The molecule has 1 N–H and O–H groups in total. The molecule has 5 heteroatoms. The first-order valence-electron chi connectivity index (χ1n) is 6.90. The summed E-state index contributed by atoms with van der Waals surface area (Å²) in [4.78, 5) is 12.0. The third kappa shape index (κ3) is 4.39. The van der Waals surface area contributed by atoms with Gasteiger partial charge >= 0.3 is 0 Å². The van der Waals surface area contributed by atoms with E-state index in [1.54, 1.807) is 18.2 Å². The molecule has 3 nitrogen and oxygen atoms in total. The number of amides is 1. The fourth-order valence-corrected chi connectivity index (χ4v) is 2.45. The Balaban J connectivity index is 1.86. The Kier molecular flexibility index (Phi) is 5.69. The smallest absolute Gasteiger partial charge is 0.252 e. The number of rotatable bonds is 5. The number of aryl methyl sites for hydroxylation is 2. The van der Waals surface area contributed by atoms with Crippen molar-refractivity contribution in [1.82, 2.24) is 5.32 Å². The molecule has 0 heterocycles. The van der Waals surface area contributed by atoms with Crippen LogP contribution in [0.3, 0.4) is 0 Å². The zero-order valence-electron chi connectivity index (χ0n) is 12.5. The molecule has 0 saturated carbocycles. The Morgan fingerprint density at radius 1 is 1.14 bits per heavy atom. The summed E-state index contributed by atoms with van der Waals surface area (Å²) in [5.41, 5.74) is 2.60. The molecule has 0 aliphatic heterocycles. The van der Waals surface area contributed by atoms with Crippen molar-refractivity contribution in [2.24, 2.45) is 0 Å². The van der Waals surface area contributed by atoms with Gasteiger partial charge in [0.2, 0.25) is 0 Å². The second kappa shape index (κ2) is 7.52. The molecule has 0 aromatic heterocycles. The Hall–Kier alpha value is -1.71. The number of hydrogen-bond donors (Lipinski definition) is 1. The van der Waals surface area contributed by atoms with Crippen molar-refractivity contribution in [3.05, 3.63) is 63.1 Å². The van der Waals surface area contributed by atoms with Crippen molar-refractivity contribution in [2.45, 2.75) is 13.8 Å². The van der Waals surface area contributed by atoms with Crippen LogP contribution in [0.1, 0.15) is 21.5 Å². The van der Waals surface area contributed by atoms with Crippen LogP contribution >= 0.6 is 23.2 Å². The summed E-state index contributed by atoms with van der Waals surface area (Å²) in [6.07, 6.45) is 0. The number of benzene rings is 2. The molecular weight excluding hydrogens is 321 g/mol. The number of nitrogens with one attached hydrogen (secondary N) is 1. The molecule has 22 heavy (non-hydrogen) atoms. The molecule has 0 atom stereocenters. The van der Waals surface area contributed by atoms with Crippen molar-refractivity contribution < 1.29 is 9.53 Å². The average molecular weight is 338 g/mol. The highest BCUT2D eigenvalue weighted by Crippen LogP contribution is 2.21. The minimum Gasteiger partial charge on any atom is -0.491 e. The lowest BCUT2D eigenvalue weighted by atomic mass is 10.1. The van der Waals surface area contributed by atoms with E-state index in [9.17, 15) is 4.79 Å². The van der Waals surface area contributed by atoms with E-state index in [1.165, 1.54) is 0 Å². The summed E-state index contributed by atoms with van der Waals surface area (Å²) < 4.78 is 5.68. The van der Waals surface area contributed by atoms with Gasteiger partial charge in [-0.2, -0.15) is 0 Å². The standard InChI is InChI=1S/C17H17Cl2NO2/c1-11-3-4-12(2)16(9-11)22-8-7-20-17(21)14-6-5-13(18)10-15(14)19/h3-6,9-10H,7-8H2,1-2H3,(H,20,21). The number of carbonyl (C=O) groups excluding carboxylic acids is 1. The van der Waals surface area contributed by atoms with Crippen LogP contribution < -0.4 is 10.1 Å². The molecule has 0 aliphatic carbocycles. The molecular formula is C17H17Cl2NO2. The van der Waals surface area contributed by atoms with Crippen LogP contribution in [0.4, 0.5) is 0 Å². The second-order valence-electron chi connectivity index (χ2n) is 5.00. The maximum atomic E-state index is 12.0. The molecule has 116 valence electrons. The minimum atomic E-state index is -0.244. The fraction of sp³-hybridized carbons (Fsp3) is 0.235. The molecule has 1 amide bonds. The number of hydrogen-bond acceptors (Lipinski definition) is 2. The molecule has 0 unspecified atom stereocenters. The zero-order chi connectivity index (χ0) is 16.1. The van der Waals surface area contributed by atoms with Gasteiger partial charge in [-0.25, -0.2) is 0 Å². The predicted molar refractivity (Wildman–Crippen MR) is 90.2 cm³/mol. The molecule has 0 spiro atoms. The van der Waals surface area contributed by atoms with Crippen LogP contribution in [0, 0.1) is 13.8 Å². The van der Waals surface area contributed by atoms with Gasteiger partial charge in [-0.15, -0.1) is 0 Å². The lowest BCUT2D eigenvalue weighted by molar-refractivity contribution is 0.0947. The fourth-order valence-electron chi connectivity index (χ4n) is 1.96. The first kappa shape index (κ1) is 16.7. The van der Waals surface area contributed by atoms with Crippen LogP contribution in [0.25, 0.3) is 0 Å². The van der Waals surface area contributed by atoms with Gasteiger partial charge in [0.15, 0.2) is 0 Å². The van der Waals surface area contributed by atoms with Gasteiger partial charge in [-0.3, -0.25) is 4.79 Å². The SMILES string of the molecule is Cc1ccc(C)c(OCCNC(=O)c2ccc(Cl)cc2Cl)c1. The Morgan fingerprint density at radius 2 is 1.91 bits per heavy atom. The van der Waals surface area contributed by atoms with Gasteiger partial charge in [-0.05, 0) is 49.2 Å². The molecule has 2 aromatic rings. The summed E-state index contributed by atoms with van der Waals surface area (Å²) in [7, 11) is 0. The summed E-state index contributed by atoms with van der Waals surface area (Å²) in [5.74, 6) is 0.588. The van der Waals surface area contributed by atoms with Gasteiger partial charge in [0.25, 0.3) is 5.91 Å². The normalized spacial score (nSPS) is 10.4. The maximum Gasteiger partial charge on any atom is 0.252 e. The quantitative estimate of drug-likeness (QED) is 0.820. The third-order valence-corrected chi connectivity index (χ3v) is 3.71. The number of ether oxygens (including phenoxy) is 1. The minimum absolute atomic E-state index is 0.244. The molecule has 0 aliphatic rings. The Labute approximate surface area is 140 Å². The maximum absolute atomic E-state index is 12.0. The summed E-state index contributed by atoms with van der Waals surface area (Å²) in [6.45, 7) is 4.78. The van der Waals surface area contributed by atoms with Crippen LogP contribution in [0.2, 0.25) is 10.0 Å². The third-order valence-electron chi connectivity index (χ3n) is 3.16. The first-order valence-corrected chi connectivity index (χ1v) is 7.66. The second-order valence-corrected chi connectivity index (χ2v) is 5.84. The summed E-state index contributed by atoms with van der Waals surface area (Å²) in [5, 5.41) is 3.61. The van der Waals surface area contributed by atoms with Crippen molar-refractivity contribution in [1.29, 1.82) is 0 Å². The lowest BCUT2D eigenvalue weighted by Gasteiger charge is -2.11. The highest BCUT2D eigenvalue weighted by atomic mass is 35.5. The molecule has 2 rings (SSSR count). The van der Waals surface area contributed by atoms with Crippen molar-refractivity contribution in [2.75, 3.05) is 13.2 Å². The topological polar surface area (TPSA) is 38.3 Å². The molecule has 0 bridgehead atoms. The van der Waals surface area contributed by atoms with Crippen LogP contribution in [0.15, 0.2) is 36.4 Å². The van der Waals surface area contributed by atoms with Crippen molar-refractivity contribution in [3.63, 3.8) is 0 Å². The monoisotopic (exact) mass is 337 g/mol. The van der Waals surface area contributed by atoms with Gasteiger partial charge in [0, 0.05) is 5.02 Å². The molecule has 0 fully saturated rings. The van der Waals surface area contributed by atoms with Crippen molar-refractivity contribution in [3.8, 4) is 5.75 Å². The first-order chi connectivity index (χ1) is 10.5. The van der Waals surface area contributed by atoms with E-state index in [0.29, 0.717) is 28.8 Å². The van der Waals surface area contributed by atoms with Gasteiger partial charge in [0.05, 0.1) is 17.1 Å². The predicted octanol–water partition coefficient (Wildman–Crippen LogP) is 4.42. The van der Waals surface area contributed by atoms with Crippen molar-refractivity contribution >= 4 is 29.1 Å². The van der Waals surface area contributed by atoms with Crippen LogP contribution in [0.5, 0.6) is 5.75 Å². The van der Waals surface area contributed by atoms with E-state index in [2.05, 4.69) is 5.32 Å². The molecule has 0 saturated heterocycles. The molecule has 2 aromatic carbocycles. The molecule has 0 radical (unpaired) electrons.